The van der Waals surface area contributed by atoms with Gasteiger partial charge in [-0.15, -0.1) is 0 Å². The Morgan fingerprint density at radius 2 is 1.18 bits per heavy atom. The van der Waals surface area contributed by atoms with Gasteiger partial charge in [0.15, 0.2) is 0 Å². The van der Waals surface area contributed by atoms with Gasteiger partial charge in [0, 0.05) is 10.0 Å². The van der Waals surface area contributed by atoms with Crippen molar-refractivity contribution in [3.05, 3.63) is 68.7 Å². The summed E-state index contributed by atoms with van der Waals surface area (Å²) in [6, 6.07) is 12.0. The highest BCUT2D eigenvalue weighted by atomic mass is 35.5. The van der Waals surface area contributed by atoms with Gasteiger partial charge in [0.25, 0.3) is 0 Å². The molecule has 0 unspecified atom stereocenters. The van der Waals surface area contributed by atoms with Crippen LogP contribution >= 0.6 is 23.2 Å². The average molecular weight is 265 g/mol. The van der Waals surface area contributed by atoms with E-state index >= 15 is 0 Å². The molecular weight excluding hydrogens is 251 g/mol. The quantitative estimate of drug-likeness (QED) is 0.700. The van der Waals surface area contributed by atoms with E-state index < -0.39 is 0 Å². The summed E-state index contributed by atoms with van der Waals surface area (Å²) < 4.78 is 0. The van der Waals surface area contributed by atoms with Crippen molar-refractivity contribution in [3.8, 4) is 0 Å². The van der Waals surface area contributed by atoms with Gasteiger partial charge in [-0.1, -0.05) is 35.3 Å². The minimum absolute atomic E-state index is 0.783. The fraction of sp³-hybridized carbons (Fsp3) is 0.200. The summed E-state index contributed by atoms with van der Waals surface area (Å²) in [6.07, 6.45) is 0.874. The molecule has 0 aliphatic rings. The van der Waals surface area contributed by atoms with Crippen LogP contribution in [0.25, 0.3) is 0 Å². The molecule has 2 heteroatoms. The Morgan fingerprint density at radius 1 is 0.765 bits per heavy atom. The number of benzene rings is 2. The molecule has 0 spiro atoms. The zero-order valence-electron chi connectivity index (χ0n) is 9.93. The van der Waals surface area contributed by atoms with Gasteiger partial charge in [0.2, 0.25) is 0 Å². The molecule has 0 atom stereocenters. The summed E-state index contributed by atoms with van der Waals surface area (Å²) in [7, 11) is 0. The maximum Gasteiger partial charge on any atom is 0.0409 e. The van der Waals surface area contributed by atoms with Crippen molar-refractivity contribution in [2.75, 3.05) is 0 Å². The molecule has 2 aromatic rings. The van der Waals surface area contributed by atoms with Crippen LogP contribution in [0.5, 0.6) is 0 Å². The van der Waals surface area contributed by atoms with Crippen LogP contribution in [-0.2, 0) is 6.42 Å². The van der Waals surface area contributed by atoms with Gasteiger partial charge in [0.05, 0.1) is 0 Å². The van der Waals surface area contributed by atoms with E-state index in [0.717, 1.165) is 16.5 Å². The minimum atomic E-state index is 0.783. The molecule has 0 nitrogen and oxygen atoms in total. The van der Waals surface area contributed by atoms with Gasteiger partial charge < -0.3 is 0 Å². The summed E-state index contributed by atoms with van der Waals surface area (Å²) in [4.78, 5) is 0. The second-order valence-corrected chi connectivity index (χ2v) is 5.19. The Balaban J connectivity index is 2.37. The highest BCUT2D eigenvalue weighted by molar-refractivity contribution is 6.31. The van der Waals surface area contributed by atoms with Crippen LogP contribution in [0.1, 0.15) is 22.3 Å². The molecule has 0 amide bonds. The summed E-state index contributed by atoms with van der Waals surface area (Å²) >= 11 is 12.1. The molecule has 2 rings (SSSR count). The first-order valence-corrected chi connectivity index (χ1v) is 6.32. The van der Waals surface area contributed by atoms with Crippen molar-refractivity contribution >= 4 is 23.2 Å². The topological polar surface area (TPSA) is 0 Å². The second-order valence-electron chi connectivity index (χ2n) is 4.32. The number of halogens is 2. The van der Waals surface area contributed by atoms with Crippen LogP contribution < -0.4 is 0 Å². The molecule has 17 heavy (non-hydrogen) atoms. The lowest BCUT2D eigenvalue weighted by Crippen LogP contribution is -1.94. The van der Waals surface area contributed by atoms with Crippen LogP contribution in [0, 0.1) is 13.8 Å². The zero-order valence-corrected chi connectivity index (χ0v) is 11.4. The lowest BCUT2D eigenvalue weighted by molar-refractivity contribution is 1.13. The largest absolute Gasteiger partial charge is 0.0843 e. The number of hydrogen-bond acceptors (Lipinski definition) is 0. The third-order valence-corrected chi connectivity index (χ3v) is 3.47. The fourth-order valence-corrected chi connectivity index (χ4v) is 2.26. The predicted molar refractivity (Wildman–Crippen MR) is 75.2 cm³/mol. The molecule has 0 N–H and O–H groups in total. The molecule has 0 radical (unpaired) electrons. The first kappa shape index (κ1) is 12.5. The predicted octanol–water partition coefficient (Wildman–Crippen LogP) is 5.20. The van der Waals surface area contributed by atoms with Crippen molar-refractivity contribution in [3.63, 3.8) is 0 Å². The summed E-state index contributed by atoms with van der Waals surface area (Å²) in [5.41, 5.74) is 5.02. The monoisotopic (exact) mass is 264 g/mol. The van der Waals surface area contributed by atoms with Gasteiger partial charge in [-0.2, -0.15) is 0 Å². The molecule has 0 saturated heterocycles. The van der Waals surface area contributed by atoms with E-state index in [4.69, 9.17) is 23.2 Å². The van der Waals surface area contributed by atoms with Gasteiger partial charge in [-0.3, -0.25) is 0 Å². The molecule has 0 saturated carbocycles. The highest BCUT2D eigenvalue weighted by Gasteiger charge is 2.04. The van der Waals surface area contributed by atoms with Crippen molar-refractivity contribution in [1.29, 1.82) is 0 Å². The maximum absolute atomic E-state index is 6.03. The van der Waals surface area contributed by atoms with Gasteiger partial charge in [-0.05, 0) is 66.8 Å². The Hall–Kier alpha value is -0.980. The van der Waals surface area contributed by atoms with Crippen molar-refractivity contribution in [2.24, 2.45) is 0 Å². The average Bonchev–Trinajstić information content (AvgIpc) is 2.28. The Bertz CT molecular complexity index is 495. The van der Waals surface area contributed by atoms with E-state index in [1.54, 1.807) is 0 Å². The van der Waals surface area contributed by atoms with Gasteiger partial charge in [-0.25, -0.2) is 0 Å². The lowest BCUT2D eigenvalue weighted by atomic mass is 9.98. The van der Waals surface area contributed by atoms with Crippen LogP contribution in [0.2, 0.25) is 10.0 Å². The van der Waals surface area contributed by atoms with E-state index in [9.17, 15) is 0 Å². The van der Waals surface area contributed by atoms with Gasteiger partial charge in [0.1, 0.15) is 0 Å². The third-order valence-electron chi connectivity index (χ3n) is 3.00. The van der Waals surface area contributed by atoms with Crippen LogP contribution in [0.15, 0.2) is 36.4 Å². The molecular formula is C15H14Cl2. The molecule has 0 aromatic heterocycles. The van der Waals surface area contributed by atoms with E-state index in [-0.39, 0.29) is 0 Å². The summed E-state index contributed by atoms with van der Waals surface area (Å²) in [5.74, 6) is 0. The molecule has 0 aliphatic carbocycles. The third kappa shape index (κ3) is 3.02. The fourth-order valence-electron chi connectivity index (χ4n) is 1.87. The zero-order chi connectivity index (χ0) is 12.4. The van der Waals surface area contributed by atoms with Crippen LogP contribution in [0.4, 0.5) is 0 Å². The van der Waals surface area contributed by atoms with E-state index in [1.807, 2.05) is 24.3 Å². The van der Waals surface area contributed by atoms with Gasteiger partial charge >= 0.3 is 0 Å². The van der Waals surface area contributed by atoms with Crippen molar-refractivity contribution in [1.82, 2.24) is 0 Å². The molecule has 2 aromatic carbocycles. The first-order chi connectivity index (χ1) is 8.06. The number of rotatable bonds is 2. The van der Waals surface area contributed by atoms with E-state index in [2.05, 4.69) is 26.0 Å². The van der Waals surface area contributed by atoms with E-state index in [0.29, 0.717) is 0 Å². The van der Waals surface area contributed by atoms with Crippen LogP contribution in [0.3, 0.4) is 0 Å². The molecule has 0 heterocycles. The van der Waals surface area contributed by atoms with Crippen molar-refractivity contribution in [2.45, 2.75) is 20.3 Å². The summed E-state index contributed by atoms with van der Waals surface area (Å²) in [5, 5.41) is 1.57. The molecule has 0 fully saturated rings. The highest BCUT2D eigenvalue weighted by Crippen LogP contribution is 2.22. The Morgan fingerprint density at radius 3 is 1.59 bits per heavy atom. The second kappa shape index (κ2) is 5.12. The molecule has 88 valence electrons. The smallest absolute Gasteiger partial charge is 0.0409 e. The summed E-state index contributed by atoms with van der Waals surface area (Å²) in [6.45, 7) is 4.21. The first-order valence-electron chi connectivity index (χ1n) is 5.56. The molecule has 0 aliphatic heterocycles. The van der Waals surface area contributed by atoms with Crippen molar-refractivity contribution < 1.29 is 0 Å². The standard InChI is InChI=1S/C15H14Cl2/c1-10-3-5-14(16)8-12(10)7-13-9-15(17)6-4-11(13)2/h3-6,8-9H,7H2,1-2H3. The molecule has 0 bridgehead atoms. The van der Waals surface area contributed by atoms with E-state index in [1.165, 1.54) is 22.3 Å². The number of aryl methyl sites for hydroxylation is 2. The van der Waals surface area contributed by atoms with Crippen LogP contribution in [-0.4, -0.2) is 0 Å². The Labute approximate surface area is 112 Å². The number of hydrogen-bond donors (Lipinski definition) is 0. The lowest BCUT2D eigenvalue weighted by Gasteiger charge is -2.09. The normalized spacial score (nSPS) is 10.6. The Kier molecular flexibility index (Phi) is 3.76. The minimum Gasteiger partial charge on any atom is -0.0843 e. The maximum atomic E-state index is 6.03. The SMILES string of the molecule is Cc1ccc(Cl)cc1Cc1cc(Cl)ccc1C.